The Labute approximate surface area is 214 Å². The Balaban J connectivity index is 0. The third kappa shape index (κ3) is 35.0. The summed E-state index contributed by atoms with van der Waals surface area (Å²) in [6.07, 6.45) is 11.9. The molecule has 0 aliphatic heterocycles. The zero-order valence-corrected chi connectivity index (χ0v) is 22.7. The molecule has 13 nitrogen and oxygen atoms in total. The van der Waals surface area contributed by atoms with Gasteiger partial charge in [0.2, 0.25) is 0 Å². The summed E-state index contributed by atoms with van der Waals surface area (Å²) >= 11 is 0. The molecule has 0 unspecified atom stereocenters. The van der Waals surface area contributed by atoms with Crippen molar-refractivity contribution in [3.8, 4) is 0 Å². The average molecular weight is 583 g/mol. The summed E-state index contributed by atoms with van der Waals surface area (Å²) < 4.78 is 96.3. The first kappa shape index (κ1) is 36.9. The Kier molecular flexibility index (Phi) is 21.3. The summed E-state index contributed by atoms with van der Waals surface area (Å²) in [5.74, 6) is 0. The fourth-order valence-corrected chi connectivity index (χ4v) is 3.34. The lowest BCUT2D eigenvalue weighted by Crippen LogP contribution is -2.11. The Hall–Kier alpha value is -1.21. The van der Waals surface area contributed by atoms with Crippen LogP contribution in [0.4, 0.5) is 0 Å². The first-order valence-corrected chi connectivity index (χ1v) is 15.3. The highest BCUT2D eigenvalue weighted by Crippen LogP contribution is 2.12. The minimum atomic E-state index is -4.67. The first-order valence-electron chi connectivity index (χ1n) is 11.2. The molecule has 0 heterocycles. The second-order valence-electron chi connectivity index (χ2n) is 7.54. The van der Waals surface area contributed by atoms with E-state index in [1.54, 1.807) is 24.3 Å². The molecule has 0 aromatic heterocycles. The number of hydrogen-bond acceptors (Lipinski definition) is 9. The molecule has 0 radical (unpaired) electrons. The third-order valence-corrected chi connectivity index (χ3v) is 5.16. The molecule has 36 heavy (non-hydrogen) atoms. The fraction of sp³-hybridized carbons (Fsp3) is 0.700. The van der Waals surface area contributed by atoms with Crippen molar-refractivity contribution < 1.29 is 56.9 Å². The number of aliphatic hydroxyl groups excluding tert-OH is 1. The maximum absolute atomic E-state index is 11.7. The van der Waals surface area contributed by atoms with E-state index in [2.05, 4.69) is 6.92 Å². The van der Waals surface area contributed by atoms with Gasteiger partial charge in [0.1, 0.15) is 0 Å². The van der Waals surface area contributed by atoms with Crippen LogP contribution >= 0.6 is 0 Å². The Morgan fingerprint density at radius 3 is 1.36 bits per heavy atom. The van der Waals surface area contributed by atoms with Gasteiger partial charge in [-0.3, -0.25) is 18.2 Å². The SMILES string of the molecule is CCCCCCCCCCCCOS(=O)(=O)OCc1ccc(CO)cc1.O=S(=O)(O)O.O=S(=O)(O)O. The molecule has 0 fully saturated rings. The van der Waals surface area contributed by atoms with Crippen LogP contribution in [0, 0.1) is 0 Å². The second kappa shape index (κ2) is 20.8. The minimum Gasteiger partial charge on any atom is -0.392 e. The van der Waals surface area contributed by atoms with Gasteiger partial charge in [-0.2, -0.15) is 25.3 Å². The molecule has 0 saturated heterocycles. The molecule has 0 aliphatic rings. The van der Waals surface area contributed by atoms with Crippen molar-refractivity contribution in [3.63, 3.8) is 0 Å². The van der Waals surface area contributed by atoms with Gasteiger partial charge in [0.05, 0.1) is 19.8 Å². The molecule has 0 bridgehead atoms. The molecule has 0 amide bonds. The van der Waals surface area contributed by atoms with Gasteiger partial charge in [-0.15, -0.1) is 0 Å². The molecule has 0 atom stereocenters. The maximum atomic E-state index is 11.7. The normalized spacial score (nSPS) is 11.7. The molecule has 0 aliphatic carbocycles. The van der Waals surface area contributed by atoms with Crippen LogP contribution in [-0.2, 0) is 52.8 Å². The van der Waals surface area contributed by atoms with Gasteiger partial charge < -0.3 is 5.11 Å². The van der Waals surface area contributed by atoms with E-state index >= 15 is 0 Å². The highest BCUT2D eigenvalue weighted by atomic mass is 32.3. The van der Waals surface area contributed by atoms with Crippen molar-refractivity contribution in [1.29, 1.82) is 0 Å². The first-order chi connectivity index (χ1) is 16.6. The quantitative estimate of drug-likeness (QED) is 0.139. The molecule has 1 aromatic carbocycles. The van der Waals surface area contributed by atoms with Crippen LogP contribution in [0.1, 0.15) is 82.3 Å². The molecule has 16 heteroatoms. The van der Waals surface area contributed by atoms with Gasteiger partial charge in [0.25, 0.3) is 0 Å². The molecular formula is C20H38O13S3. The lowest BCUT2D eigenvalue weighted by molar-refractivity contribution is 0.205. The van der Waals surface area contributed by atoms with Crippen LogP contribution in [0.25, 0.3) is 0 Å². The third-order valence-electron chi connectivity index (χ3n) is 4.30. The fourth-order valence-electron chi connectivity index (χ4n) is 2.67. The predicted octanol–water partition coefficient (Wildman–Crippen LogP) is 3.57. The average Bonchev–Trinajstić information content (AvgIpc) is 2.74. The van der Waals surface area contributed by atoms with E-state index in [1.807, 2.05) is 0 Å². The van der Waals surface area contributed by atoms with Crippen LogP contribution in [-0.4, -0.2) is 55.2 Å². The standard InChI is InChI=1S/C20H34O5S.2H2O4S/c1-2-3-4-5-6-7-8-9-10-11-16-24-26(22,23)25-18-20-14-12-19(17-21)13-15-20;2*1-5(2,3)4/h12-15,21H,2-11,16-18H2,1H3;2*(H2,1,2,3,4). The van der Waals surface area contributed by atoms with Crippen molar-refractivity contribution in [2.45, 2.75) is 84.3 Å². The highest BCUT2D eigenvalue weighted by molar-refractivity contribution is 7.81. The van der Waals surface area contributed by atoms with Crippen molar-refractivity contribution in [2.24, 2.45) is 0 Å². The summed E-state index contributed by atoms with van der Waals surface area (Å²) in [5, 5.41) is 8.97. The van der Waals surface area contributed by atoms with Gasteiger partial charge in [-0.25, -0.2) is 8.37 Å². The van der Waals surface area contributed by atoms with Crippen LogP contribution in [0.15, 0.2) is 24.3 Å². The van der Waals surface area contributed by atoms with E-state index < -0.39 is 31.2 Å². The van der Waals surface area contributed by atoms with Crippen molar-refractivity contribution >= 4 is 31.2 Å². The minimum absolute atomic E-state index is 0.0403. The number of aliphatic hydroxyl groups is 1. The zero-order chi connectivity index (χ0) is 28.1. The van der Waals surface area contributed by atoms with Gasteiger partial charge in [0.15, 0.2) is 0 Å². The van der Waals surface area contributed by atoms with Gasteiger partial charge in [0, 0.05) is 0 Å². The van der Waals surface area contributed by atoms with Crippen molar-refractivity contribution in [3.05, 3.63) is 35.4 Å². The van der Waals surface area contributed by atoms with Gasteiger partial charge in [-0.05, 0) is 17.5 Å². The van der Waals surface area contributed by atoms with Crippen LogP contribution in [0.3, 0.4) is 0 Å². The number of hydrogen-bond donors (Lipinski definition) is 5. The lowest BCUT2D eigenvalue weighted by Gasteiger charge is -2.07. The second-order valence-corrected chi connectivity index (χ2v) is 10.6. The molecule has 1 rings (SSSR count). The predicted molar refractivity (Wildman–Crippen MR) is 132 cm³/mol. The molecular weight excluding hydrogens is 544 g/mol. The van der Waals surface area contributed by atoms with Crippen LogP contribution in [0.2, 0.25) is 0 Å². The van der Waals surface area contributed by atoms with E-state index in [4.69, 9.17) is 48.5 Å². The smallest absolute Gasteiger partial charge is 0.392 e. The lowest BCUT2D eigenvalue weighted by atomic mass is 10.1. The molecule has 0 saturated carbocycles. The highest BCUT2D eigenvalue weighted by Gasteiger charge is 2.12. The summed E-state index contributed by atoms with van der Waals surface area (Å²) in [6.45, 7) is 2.29. The summed E-state index contributed by atoms with van der Waals surface area (Å²) in [4.78, 5) is 0. The summed E-state index contributed by atoms with van der Waals surface area (Å²) in [5.41, 5.74) is 1.49. The van der Waals surface area contributed by atoms with E-state index in [0.717, 1.165) is 24.8 Å². The van der Waals surface area contributed by atoms with Gasteiger partial charge >= 0.3 is 31.2 Å². The number of benzene rings is 1. The van der Waals surface area contributed by atoms with E-state index in [0.29, 0.717) is 5.56 Å². The Bertz CT molecular complexity index is 928. The van der Waals surface area contributed by atoms with Crippen molar-refractivity contribution in [2.75, 3.05) is 6.61 Å². The topological polar surface area (TPSA) is 222 Å². The molecule has 0 spiro atoms. The van der Waals surface area contributed by atoms with E-state index in [9.17, 15) is 8.42 Å². The largest absolute Gasteiger partial charge is 0.400 e. The summed E-state index contributed by atoms with van der Waals surface area (Å²) in [7, 11) is -13.3. The number of unbranched alkanes of at least 4 members (excludes halogenated alkanes) is 9. The zero-order valence-electron chi connectivity index (χ0n) is 20.2. The Morgan fingerprint density at radius 1 is 0.611 bits per heavy atom. The van der Waals surface area contributed by atoms with Crippen LogP contribution < -0.4 is 0 Å². The molecule has 214 valence electrons. The molecule has 5 N–H and O–H groups in total. The van der Waals surface area contributed by atoms with E-state index in [1.165, 1.54) is 44.9 Å². The summed E-state index contributed by atoms with van der Waals surface area (Å²) in [6, 6.07) is 6.92. The van der Waals surface area contributed by atoms with Crippen molar-refractivity contribution in [1.82, 2.24) is 0 Å². The van der Waals surface area contributed by atoms with Gasteiger partial charge in [-0.1, -0.05) is 89.0 Å². The monoisotopic (exact) mass is 582 g/mol. The van der Waals surface area contributed by atoms with Crippen LogP contribution in [0.5, 0.6) is 0 Å². The molecule has 1 aromatic rings. The number of rotatable bonds is 16. The maximum Gasteiger partial charge on any atom is 0.400 e. The Morgan fingerprint density at radius 2 is 0.972 bits per heavy atom. The van der Waals surface area contributed by atoms with E-state index in [-0.39, 0.29) is 19.8 Å².